The fourth-order valence-corrected chi connectivity index (χ4v) is 5.50. The van der Waals surface area contributed by atoms with Gasteiger partial charge in [0.2, 0.25) is 9.84 Å². The topological polar surface area (TPSA) is 34.1 Å². The molecule has 3 rings (SSSR count). The molecule has 0 fully saturated rings. The molecule has 3 aromatic carbocycles. The van der Waals surface area contributed by atoms with Crippen LogP contribution in [-0.2, 0) is 21.6 Å². The summed E-state index contributed by atoms with van der Waals surface area (Å²) < 4.78 is 53.1. The third-order valence-electron chi connectivity index (χ3n) is 3.64. The third kappa shape index (κ3) is 3.75. The van der Waals surface area contributed by atoms with Gasteiger partial charge in [0.25, 0.3) is 0 Å². The molecule has 0 radical (unpaired) electrons. The minimum absolute atomic E-state index is 0.0185. The molecule has 2 nitrogen and oxygen atoms in total. The number of halogens is 2. The second-order valence-corrected chi connectivity index (χ2v) is 8.58. The van der Waals surface area contributed by atoms with Crippen molar-refractivity contribution in [1.29, 1.82) is 0 Å². The molecule has 0 amide bonds. The van der Waals surface area contributed by atoms with E-state index in [2.05, 4.69) is 0 Å². The molecule has 0 N–H and O–H groups in total. The smallest absolute Gasteiger partial charge is 0.211 e. The highest BCUT2D eigenvalue weighted by Gasteiger charge is 2.28. The second kappa shape index (κ2) is 6.98. The van der Waals surface area contributed by atoms with E-state index in [0.717, 1.165) is 17.0 Å². The van der Waals surface area contributed by atoms with E-state index < -0.39 is 21.5 Å². The van der Waals surface area contributed by atoms with E-state index in [0.29, 0.717) is 22.2 Å². The summed E-state index contributed by atoms with van der Waals surface area (Å²) in [6.45, 7) is 1.54. The zero-order valence-electron chi connectivity index (χ0n) is 13.3. The highest BCUT2D eigenvalue weighted by Crippen LogP contribution is 2.30. The molecule has 0 saturated carbocycles. The van der Waals surface area contributed by atoms with Gasteiger partial charge < -0.3 is 0 Å². The Morgan fingerprint density at radius 2 is 1.40 bits per heavy atom. The number of rotatable bonds is 4. The van der Waals surface area contributed by atoms with Crippen molar-refractivity contribution in [1.82, 2.24) is 0 Å². The SMILES string of the molecule is Cc1cc(F)ccc1S(=O)(=O)c1ccc(F)cc1[SH+]c1ccccc1. The number of thiol groups is 1. The normalized spacial score (nSPS) is 11.5. The van der Waals surface area contributed by atoms with Crippen LogP contribution in [0.25, 0.3) is 0 Å². The monoisotopic (exact) mass is 377 g/mol. The van der Waals surface area contributed by atoms with Gasteiger partial charge in [-0.3, -0.25) is 0 Å². The van der Waals surface area contributed by atoms with Gasteiger partial charge in [-0.1, -0.05) is 18.2 Å². The Morgan fingerprint density at radius 3 is 2.04 bits per heavy atom. The Balaban J connectivity index is 2.13. The van der Waals surface area contributed by atoms with Crippen molar-refractivity contribution in [3.63, 3.8) is 0 Å². The molecule has 0 aliphatic carbocycles. The summed E-state index contributed by atoms with van der Waals surface area (Å²) in [5.74, 6) is -1.01. The molecule has 3 aromatic rings. The number of sulfone groups is 1. The lowest BCUT2D eigenvalue weighted by molar-refractivity contribution is 0.589. The van der Waals surface area contributed by atoms with Crippen LogP contribution in [0.3, 0.4) is 0 Å². The Morgan fingerprint density at radius 1 is 0.800 bits per heavy atom. The number of benzene rings is 3. The Hall–Kier alpha value is -2.18. The number of hydrogen-bond acceptors (Lipinski definition) is 2. The van der Waals surface area contributed by atoms with Gasteiger partial charge in [0.15, 0.2) is 9.79 Å². The number of hydrogen-bond donors (Lipinski definition) is 0. The molecule has 6 heteroatoms. The quantitative estimate of drug-likeness (QED) is 0.385. The summed E-state index contributed by atoms with van der Waals surface area (Å²) in [6, 6.07) is 16.3. The van der Waals surface area contributed by atoms with Crippen molar-refractivity contribution in [2.45, 2.75) is 26.5 Å². The summed E-state index contributed by atoms with van der Waals surface area (Å²) >= 11 is 0.579. The summed E-state index contributed by atoms with van der Waals surface area (Å²) in [6.07, 6.45) is 0. The van der Waals surface area contributed by atoms with E-state index in [-0.39, 0.29) is 9.79 Å². The van der Waals surface area contributed by atoms with Gasteiger partial charge in [0, 0.05) is 17.8 Å². The molecule has 0 aliphatic heterocycles. The first kappa shape index (κ1) is 17.6. The van der Waals surface area contributed by atoms with Crippen LogP contribution in [0.4, 0.5) is 8.78 Å². The number of aryl methyl sites for hydroxylation is 1. The molecular formula is C19H15F2O2S2+. The summed E-state index contributed by atoms with van der Waals surface area (Å²) in [5, 5.41) is 0. The van der Waals surface area contributed by atoms with Crippen LogP contribution < -0.4 is 0 Å². The van der Waals surface area contributed by atoms with Crippen LogP contribution >= 0.6 is 0 Å². The van der Waals surface area contributed by atoms with Crippen molar-refractivity contribution in [2.24, 2.45) is 0 Å². The molecular weight excluding hydrogens is 362 g/mol. The van der Waals surface area contributed by atoms with E-state index in [1.54, 1.807) is 0 Å². The van der Waals surface area contributed by atoms with E-state index in [1.807, 2.05) is 30.3 Å². The third-order valence-corrected chi connectivity index (χ3v) is 6.93. The largest absolute Gasteiger partial charge is 0.218 e. The predicted octanol–water partition coefficient (Wildman–Crippen LogP) is 4.34. The van der Waals surface area contributed by atoms with Gasteiger partial charge in [0.05, 0.1) is 4.90 Å². The highest BCUT2D eigenvalue weighted by molar-refractivity contribution is 7.92. The average Bonchev–Trinajstić information content (AvgIpc) is 2.55. The van der Waals surface area contributed by atoms with E-state index in [1.165, 1.54) is 31.2 Å². The first-order valence-corrected chi connectivity index (χ1v) is 9.83. The standard InChI is InChI=1S/C19H14F2O2S2/c1-13-11-14(20)7-9-18(13)25(22,23)19-10-8-15(21)12-17(19)24-16-5-3-2-4-6-16/h2-12H,1H3/p+1. The van der Waals surface area contributed by atoms with Crippen LogP contribution in [-0.4, -0.2) is 8.42 Å². The molecule has 0 bridgehead atoms. The van der Waals surface area contributed by atoms with Gasteiger partial charge in [-0.15, -0.1) is 0 Å². The van der Waals surface area contributed by atoms with Crippen molar-refractivity contribution in [3.05, 3.63) is 83.9 Å². The molecule has 0 heterocycles. The lowest BCUT2D eigenvalue weighted by Gasteiger charge is -2.09. The van der Waals surface area contributed by atoms with Gasteiger partial charge in [0.1, 0.15) is 16.5 Å². The first-order chi connectivity index (χ1) is 11.9. The average molecular weight is 377 g/mol. The molecule has 0 atom stereocenters. The predicted molar refractivity (Wildman–Crippen MR) is 94.7 cm³/mol. The Labute approximate surface area is 149 Å². The molecule has 0 aliphatic rings. The zero-order valence-corrected chi connectivity index (χ0v) is 15.0. The van der Waals surface area contributed by atoms with Crippen LogP contribution in [0, 0.1) is 18.6 Å². The lowest BCUT2D eigenvalue weighted by atomic mass is 10.2. The fraction of sp³-hybridized carbons (Fsp3) is 0.0526. The highest BCUT2D eigenvalue weighted by atomic mass is 32.2. The molecule has 0 spiro atoms. The maximum Gasteiger partial charge on any atom is 0.211 e. The minimum atomic E-state index is -3.89. The van der Waals surface area contributed by atoms with Crippen LogP contribution in [0.5, 0.6) is 0 Å². The van der Waals surface area contributed by atoms with Gasteiger partial charge >= 0.3 is 0 Å². The van der Waals surface area contributed by atoms with Crippen molar-refractivity contribution >= 4 is 21.6 Å². The van der Waals surface area contributed by atoms with E-state index in [9.17, 15) is 17.2 Å². The fourth-order valence-electron chi connectivity index (χ4n) is 2.48. The van der Waals surface area contributed by atoms with Gasteiger partial charge in [-0.25, -0.2) is 17.2 Å². The maximum absolute atomic E-state index is 13.7. The Kier molecular flexibility index (Phi) is 4.92. The van der Waals surface area contributed by atoms with E-state index >= 15 is 0 Å². The van der Waals surface area contributed by atoms with E-state index in [4.69, 9.17) is 0 Å². The maximum atomic E-state index is 13.7. The first-order valence-electron chi connectivity index (χ1n) is 7.45. The van der Waals surface area contributed by atoms with Gasteiger partial charge in [-0.05, 0) is 55.0 Å². The second-order valence-electron chi connectivity index (χ2n) is 5.47. The zero-order chi connectivity index (χ0) is 18.0. The summed E-state index contributed by atoms with van der Waals surface area (Å²) in [7, 11) is -3.89. The minimum Gasteiger partial charge on any atom is -0.218 e. The van der Waals surface area contributed by atoms with Crippen molar-refractivity contribution < 1.29 is 17.2 Å². The van der Waals surface area contributed by atoms with Crippen LogP contribution in [0.1, 0.15) is 5.56 Å². The van der Waals surface area contributed by atoms with Crippen molar-refractivity contribution in [3.8, 4) is 0 Å². The molecule has 128 valence electrons. The van der Waals surface area contributed by atoms with Crippen molar-refractivity contribution in [2.75, 3.05) is 0 Å². The summed E-state index contributed by atoms with van der Waals surface area (Å²) in [4.78, 5) is 1.23. The van der Waals surface area contributed by atoms with Crippen LogP contribution in [0.2, 0.25) is 0 Å². The summed E-state index contributed by atoms with van der Waals surface area (Å²) in [5.41, 5.74) is 0.312. The molecule has 0 saturated heterocycles. The molecule has 0 unspecified atom stereocenters. The Bertz CT molecular complexity index is 1020. The van der Waals surface area contributed by atoms with Crippen LogP contribution in [0.15, 0.2) is 86.3 Å². The molecule has 25 heavy (non-hydrogen) atoms. The van der Waals surface area contributed by atoms with Gasteiger partial charge in [-0.2, -0.15) is 0 Å². The lowest BCUT2D eigenvalue weighted by Crippen LogP contribution is -2.08. The molecule has 0 aromatic heterocycles.